The first kappa shape index (κ1) is 13.9. The monoisotopic (exact) mass is 286 g/mol. The van der Waals surface area contributed by atoms with E-state index in [-0.39, 0.29) is 12.3 Å². The van der Waals surface area contributed by atoms with Crippen molar-refractivity contribution in [1.29, 1.82) is 0 Å². The van der Waals surface area contributed by atoms with Crippen LogP contribution in [-0.4, -0.2) is 30.0 Å². The van der Waals surface area contributed by atoms with Crippen LogP contribution in [0.4, 0.5) is 5.69 Å². The van der Waals surface area contributed by atoms with Crippen LogP contribution in [-0.2, 0) is 11.2 Å². The van der Waals surface area contributed by atoms with E-state index in [1.54, 1.807) is 0 Å². The molecule has 1 aromatic heterocycles. The van der Waals surface area contributed by atoms with Crippen LogP contribution in [0.3, 0.4) is 0 Å². The zero-order chi connectivity index (χ0) is 15.0. The molecule has 2 aromatic rings. The maximum absolute atomic E-state index is 11.3. The van der Waals surface area contributed by atoms with Gasteiger partial charge in [0.15, 0.2) is 0 Å². The van der Waals surface area contributed by atoms with Gasteiger partial charge >= 0.3 is 0 Å². The maximum Gasteiger partial charge on any atom is 0.221 e. The SMILES string of the molecule is Cc1[nH]c2c(CC(N)=O)ccc(N[C@H]3CCNC3)c2c1C. The lowest BCUT2D eigenvalue weighted by atomic mass is 10.0. The minimum Gasteiger partial charge on any atom is -0.380 e. The van der Waals surface area contributed by atoms with Gasteiger partial charge in [-0.3, -0.25) is 4.79 Å². The van der Waals surface area contributed by atoms with Crippen LogP contribution < -0.4 is 16.4 Å². The third kappa shape index (κ3) is 2.61. The molecule has 1 atom stereocenters. The predicted molar refractivity (Wildman–Crippen MR) is 85.6 cm³/mol. The van der Waals surface area contributed by atoms with Gasteiger partial charge in [0.05, 0.1) is 11.9 Å². The topological polar surface area (TPSA) is 82.9 Å². The van der Waals surface area contributed by atoms with E-state index in [2.05, 4.69) is 35.5 Å². The smallest absolute Gasteiger partial charge is 0.221 e. The quantitative estimate of drug-likeness (QED) is 0.689. The molecule has 5 heteroatoms. The molecule has 1 fully saturated rings. The van der Waals surface area contributed by atoms with E-state index >= 15 is 0 Å². The van der Waals surface area contributed by atoms with Crippen molar-refractivity contribution in [3.05, 3.63) is 29.0 Å². The summed E-state index contributed by atoms with van der Waals surface area (Å²) in [5.41, 5.74) is 10.8. The first-order valence-corrected chi connectivity index (χ1v) is 7.42. The van der Waals surface area contributed by atoms with Crippen molar-refractivity contribution < 1.29 is 4.79 Å². The third-order valence-electron chi connectivity index (χ3n) is 4.33. The number of H-pyrrole nitrogens is 1. The molecular weight excluding hydrogens is 264 g/mol. The van der Waals surface area contributed by atoms with E-state index < -0.39 is 0 Å². The molecule has 1 aliphatic heterocycles. The van der Waals surface area contributed by atoms with Gasteiger partial charge in [0, 0.05) is 29.4 Å². The summed E-state index contributed by atoms with van der Waals surface area (Å²) >= 11 is 0. The highest BCUT2D eigenvalue weighted by atomic mass is 16.1. The highest BCUT2D eigenvalue weighted by Gasteiger charge is 2.18. The zero-order valence-corrected chi connectivity index (χ0v) is 12.5. The lowest BCUT2D eigenvalue weighted by molar-refractivity contribution is -0.117. The molecule has 21 heavy (non-hydrogen) atoms. The lowest BCUT2D eigenvalue weighted by Crippen LogP contribution is -2.22. The third-order valence-corrected chi connectivity index (χ3v) is 4.33. The second-order valence-corrected chi connectivity index (χ2v) is 5.87. The Balaban J connectivity index is 2.06. The fraction of sp³-hybridized carbons (Fsp3) is 0.438. The number of amides is 1. The number of aromatic nitrogens is 1. The second kappa shape index (κ2) is 5.41. The average Bonchev–Trinajstić information content (AvgIpc) is 3.02. The molecule has 1 aromatic carbocycles. The van der Waals surface area contributed by atoms with Crippen LogP contribution >= 0.6 is 0 Å². The minimum absolute atomic E-state index is 0.265. The van der Waals surface area contributed by atoms with Gasteiger partial charge in [0.2, 0.25) is 5.91 Å². The van der Waals surface area contributed by atoms with E-state index in [1.807, 2.05) is 6.07 Å². The van der Waals surface area contributed by atoms with Crippen molar-refractivity contribution >= 4 is 22.5 Å². The number of hydrogen-bond acceptors (Lipinski definition) is 3. The molecule has 2 heterocycles. The number of carbonyl (C=O) groups is 1. The Morgan fingerprint density at radius 1 is 1.43 bits per heavy atom. The number of benzene rings is 1. The number of nitrogens with two attached hydrogens (primary N) is 1. The van der Waals surface area contributed by atoms with Crippen LogP contribution in [0.15, 0.2) is 12.1 Å². The van der Waals surface area contributed by atoms with E-state index in [0.29, 0.717) is 6.04 Å². The van der Waals surface area contributed by atoms with E-state index in [0.717, 1.165) is 42.0 Å². The van der Waals surface area contributed by atoms with Crippen LogP contribution in [0.2, 0.25) is 0 Å². The average molecular weight is 286 g/mol. The van der Waals surface area contributed by atoms with Gasteiger partial charge in [-0.05, 0) is 44.0 Å². The van der Waals surface area contributed by atoms with Crippen molar-refractivity contribution in [2.75, 3.05) is 18.4 Å². The molecule has 0 bridgehead atoms. The molecule has 1 saturated heterocycles. The summed E-state index contributed by atoms with van der Waals surface area (Å²) in [6, 6.07) is 4.52. The standard InChI is InChI=1S/C16H22N4O/c1-9-10(2)19-16-11(7-14(17)21)3-4-13(15(9)16)20-12-5-6-18-8-12/h3-4,12,18-20H,5-8H2,1-2H3,(H2,17,21)/t12-/m0/s1. The number of nitrogens with one attached hydrogen (secondary N) is 3. The summed E-state index contributed by atoms with van der Waals surface area (Å²) in [5, 5.41) is 8.17. The van der Waals surface area contributed by atoms with Crippen molar-refractivity contribution in [3.63, 3.8) is 0 Å². The van der Waals surface area contributed by atoms with Crippen LogP contribution in [0.25, 0.3) is 10.9 Å². The van der Waals surface area contributed by atoms with Crippen molar-refractivity contribution in [1.82, 2.24) is 10.3 Å². The number of rotatable bonds is 4. The molecule has 0 unspecified atom stereocenters. The van der Waals surface area contributed by atoms with E-state index in [4.69, 9.17) is 5.73 Å². The molecule has 112 valence electrons. The zero-order valence-electron chi connectivity index (χ0n) is 12.5. The Kier molecular flexibility index (Phi) is 3.59. The summed E-state index contributed by atoms with van der Waals surface area (Å²) < 4.78 is 0. The number of aryl methyl sites for hydroxylation is 2. The first-order chi connectivity index (χ1) is 10.1. The summed E-state index contributed by atoms with van der Waals surface area (Å²) in [7, 11) is 0. The first-order valence-electron chi connectivity index (χ1n) is 7.42. The largest absolute Gasteiger partial charge is 0.380 e. The molecule has 0 spiro atoms. The van der Waals surface area contributed by atoms with Crippen molar-refractivity contribution in [3.8, 4) is 0 Å². The van der Waals surface area contributed by atoms with Gasteiger partial charge < -0.3 is 21.4 Å². The van der Waals surface area contributed by atoms with Gasteiger partial charge in [0.25, 0.3) is 0 Å². The Bertz CT molecular complexity index is 683. The summed E-state index contributed by atoms with van der Waals surface area (Å²) in [6.45, 7) is 6.23. The Hall–Kier alpha value is -2.01. The lowest BCUT2D eigenvalue weighted by Gasteiger charge is -2.15. The number of primary amides is 1. The molecule has 0 saturated carbocycles. The predicted octanol–water partition coefficient (Wildman–Crippen LogP) is 1.59. The number of aromatic amines is 1. The second-order valence-electron chi connectivity index (χ2n) is 5.87. The molecule has 0 radical (unpaired) electrons. The molecule has 1 amide bonds. The highest BCUT2D eigenvalue weighted by Crippen LogP contribution is 2.32. The van der Waals surface area contributed by atoms with Crippen molar-refractivity contribution in [2.45, 2.75) is 32.7 Å². The van der Waals surface area contributed by atoms with Crippen LogP contribution in [0.5, 0.6) is 0 Å². The number of carbonyl (C=O) groups excluding carboxylic acids is 1. The fourth-order valence-electron chi connectivity index (χ4n) is 3.10. The normalized spacial score (nSPS) is 18.3. The van der Waals surface area contributed by atoms with E-state index in [1.165, 1.54) is 10.9 Å². The summed E-state index contributed by atoms with van der Waals surface area (Å²) in [6.07, 6.45) is 1.40. The molecule has 1 aliphatic rings. The Morgan fingerprint density at radius 2 is 2.24 bits per heavy atom. The van der Waals surface area contributed by atoms with E-state index in [9.17, 15) is 4.79 Å². The van der Waals surface area contributed by atoms with Crippen LogP contribution in [0.1, 0.15) is 23.2 Å². The molecule has 0 aliphatic carbocycles. The molecule has 5 N–H and O–H groups in total. The number of hydrogen-bond donors (Lipinski definition) is 4. The summed E-state index contributed by atoms with van der Waals surface area (Å²) in [4.78, 5) is 14.7. The fourth-order valence-corrected chi connectivity index (χ4v) is 3.10. The Labute approximate surface area is 124 Å². The van der Waals surface area contributed by atoms with Gasteiger partial charge in [-0.2, -0.15) is 0 Å². The van der Waals surface area contributed by atoms with Gasteiger partial charge in [0.1, 0.15) is 0 Å². The molecule has 5 nitrogen and oxygen atoms in total. The van der Waals surface area contributed by atoms with Crippen LogP contribution in [0, 0.1) is 13.8 Å². The summed E-state index contributed by atoms with van der Waals surface area (Å²) in [5.74, 6) is -0.304. The maximum atomic E-state index is 11.3. The molecular formula is C16H22N4O. The highest BCUT2D eigenvalue weighted by molar-refractivity contribution is 5.99. The van der Waals surface area contributed by atoms with Crippen molar-refractivity contribution in [2.24, 2.45) is 5.73 Å². The minimum atomic E-state index is -0.304. The van der Waals surface area contributed by atoms with Gasteiger partial charge in [-0.25, -0.2) is 0 Å². The van der Waals surface area contributed by atoms with Gasteiger partial charge in [-0.15, -0.1) is 0 Å². The number of fused-ring (bicyclic) bond motifs is 1. The Morgan fingerprint density at radius 3 is 2.90 bits per heavy atom. The molecule has 3 rings (SSSR count). The van der Waals surface area contributed by atoms with Gasteiger partial charge in [-0.1, -0.05) is 6.07 Å². The number of anilines is 1.